The maximum absolute atomic E-state index is 4.39. The fraction of sp³-hybridized carbons (Fsp3) is 1.00. The molecule has 0 fully saturated rings. The van der Waals surface area contributed by atoms with Crippen LogP contribution in [0.15, 0.2) is 0 Å². The molecule has 0 radical (unpaired) electrons. The van der Waals surface area contributed by atoms with Crippen LogP contribution in [-0.2, 0) is 7.55 Å². The molecule has 0 spiro atoms. The Kier molecular flexibility index (Phi) is 7.00. The smallest absolute Gasteiger partial charge is 0.154 e. The lowest BCUT2D eigenvalue weighted by Crippen LogP contribution is -1.68. The summed E-state index contributed by atoms with van der Waals surface area (Å²) in [4.78, 5) is 0. The largest absolute Gasteiger partial charge is 0.156 e. The summed E-state index contributed by atoms with van der Waals surface area (Å²) in [5, 5.41) is 0. The number of halogens is 1. The van der Waals surface area contributed by atoms with Crippen LogP contribution in [0.3, 0.4) is 0 Å². The van der Waals surface area contributed by atoms with Crippen LogP contribution in [0.1, 0.15) is 6.92 Å². The Morgan fingerprint density at radius 2 is 2.50 bits per heavy atom. The third-order valence-corrected chi connectivity index (χ3v) is 1.02. The van der Waals surface area contributed by atoms with Crippen LogP contribution < -0.4 is 0 Å². The zero-order valence-electron chi connectivity index (χ0n) is 3.31. The van der Waals surface area contributed by atoms with Crippen LogP contribution in [0.4, 0.5) is 0 Å². The molecule has 6 heavy (non-hydrogen) atoms. The van der Waals surface area contributed by atoms with E-state index in [9.17, 15) is 0 Å². The highest BCUT2D eigenvalue weighted by Gasteiger charge is 1.76. The van der Waals surface area contributed by atoms with Crippen LogP contribution in [0.5, 0.6) is 0 Å². The Bertz CT molecular complexity index is 23.5. The van der Waals surface area contributed by atoms with E-state index >= 15 is 0 Å². The van der Waals surface area contributed by atoms with E-state index in [0.29, 0.717) is 0 Å². The summed E-state index contributed by atoms with van der Waals surface area (Å²) in [5.74, 6) is 0.920. The van der Waals surface area contributed by atoms with Gasteiger partial charge in [-0.15, -0.1) is 0 Å². The van der Waals surface area contributed by atoms with Gasteiger partial charge in [-0.1, -0.05) is 6.92 Å². The Labute approximate surface area is 55.4 Å². The molecule has 0 aliphatic heterocycles. The van der Waals surface area contributed by atoms with Crippen LogP contribution in [0.2, 0.25) is 0 Å². The number of rotatable bonds is 3. The van der Waals surface area contributed by atoms with E-state index in [2.05, 4.69) is 7.55 Å². The molecule has 0 rings (SSSR count). The van der Waals surface area contributed by atoms with Crippen LogP contribution in [0, 0.1) is 0 Å². The molecule has 0 heterocycles. The summed E-state index contributed by atoms with van der Waals surface area (Å²) in [6.07, 6.45) is 0. The molecule has 0 saturated carbocycles. The SMILES string of the molecule is CCSOOI. The van der Waals surface area contributed by atoms with Gasteiger partial charge in [-0.05, 0) is 0 Å². The topological polar surface area (TPSA) is 18.5 Å². The fourth-order valence-electron chi connectivity index (χ4n) is 0.0663. The van der Waals surface area contributed by atoms with E-state index in [1.165, 1.54) is 12.0 Å². The molecule has 0 N–H and O–H groups in total. The Morgan fingerprint density at radius 3 is 2.67 bits per heavy atom. The molecule has 0 aliphatic rings. The average Bonchev–Trinajstić information content (AvgIpc) is 1.61. The van der Waals surface area contributed by atoms with E-state index in [4.69, 9.17) is 0 Å². The highest BCUT2D eigenvalue weighted by molar-refractivity contribution is 14.1. The first kappa shape index (κ1) is 7.00. The number of hydrogen-bond donors (Lipinski definition) is 0. The van der Waals surface area contributed by atoms with Gasteiger partial charge >= 0.3 is 0 Å². The van der Waals surface area contributed by atoms with Gasteiger partial charge in [-0.25, -0.2) is 0 Å². The third-order valence-electron chi connectivity index (χ3n) is 0.192. The van der Waals surface area contributed by atoms with E-state index < -0.39 is 0 Å². The van der Waals surface area contributed by atoms with Crippen molar-refractivity contribution in [3.8, 4) is 0 Å². The maximum Gasteiger partial charge on any atom is 0.156 e. The van der Waals surface area contributed by atoms with E-state index in [1.807, 2.05) is 6.92 Å². The second-order valence-electron chi connectivity index (χ2n) is 0.538. The molecule has 0 unspecified atom stereocenters. The molecule has 0 aromatic rings. The summed E-state index contributed by atoms with van der Waals surface area (Å²) < 4.78 is 8.60. The Hall–Kier alpha value is 1.00. The molecule has 0 saturated heterocycles. The molecular weight excluding hydrogens is 215 g/mol. The van der Waals surface area contributed by atoms with Crippen LogP contribution in [0.25, 0.3) is 0 Å². The normalized spacial score (nSPS) is 9.00. The molecule has 2 nitrogen and oxygen atoms in total. The van der Waals surface area contributed by atoms with Crippen molar-refractivity contribution in [2.24, 2.45) is 0 Å². The molecule has 0 aromatic heterocycles. The summed E-state index contributed by atoms with van der Waals surface area (Å²) in [7, 11) is 0. The van der Waals surface area contributed by atoms with Crippen molar-refractivity contribution in [3.63, 3.8) is 0 Å². The first-order chi connectivity index (χ1) is 2.91. The first-order valence-corrected chi connectivity index (χ1v) is 3.27. The van der Waals surface area contributed by atoms with E-state index in [1.54, 1.807) is 23.0 Å². The van der Waals surface area contributed by atoms with Gasteiger partial charge < -0.3 is 0 Å². The molecule has 4 heteroatoms. The lowest BCUT2D eigenvalue weighted by Gasteiger charge is -1.86. The van der Waals surface area contributed by atoms with Crippen molar-refractivity contribution >= 4 is 35.0 Å². The van der Waals surface area contributed by atoms with Crippen molar-refractivity contribution in [1.82, 2.24) is 0 Å². The summed E-state index contributed by atoms with van der Waals surface area (Å²) in [6.45, 7) is 1.99. The molecular formula is C2H5IO2S. The molecule has 0 atom stereocenters. The van der Waals surface area contributed by atoms with Crippen molar-refractivity contribution in [2.45, 2.75) is 6.92 Å². The van der Waals surface area contributed by atoms with Crippen LogP contribution >= 0.6 is 35.0 Å². The zero-order chi connectivity index (χ0) is 4.83. The van der Waals surface area contributed by atoms with Crippen molar-refractivity contribution in [2.75, 3.05) is 5.75 Å². The zero-order valence-corrected chi connectivity index (χ0v) is 6.28. The van der Waals surface area contributed by atoms with Gasteiger partial charge in [0.05, 0.1) is 0 Å². The van der Waals surface area contributed by atoms with Crippen LogP contribution in [-0.4, -0.2) is 5.75 Å². The van der Waals surface area contributed by atoms with Crippen molar-refractivity contribution < 1.29 is 7.55 Å². The molecule has 0 amide bonds. The second kappa shape index (κ2) is 6.00. The summed E-state index contributed by atoms with van der Waals surface area (Å²) >= 11 is 2.95. The van der Waals surface area contributed by atoms with Gasteiger partial charge in [-0.3, -0.25) is 0 Å². The fourth-order valence-corrected chi connectivity index (χ4v) is 0.510. The van der Waals surface area contributed by atoms with Gasteiger partial charge in [0.2, 0.25) is 0 Å². The maximum atomic E-state index is 4.39. The first-order valence-electron chi connectivity index (χ1n) is 1.48. The predicted octanol–water partition coefficient (Wildman–Crippen LogP) is 1.95. The second-order valence-corrected chi connectivity index (χ2v) is 1.85. The lowest BCUT2D eigenvalue weighted by atomic mass is 11.0. The summed E-state index contributed by atoms with van der Waals surface area (Å²) in [5.41, 5.74) is 0. The summed E-state index contributed by atoms with van der Waals surface area (Å²) in [6, 6.07) is 0. The van der Waals surface area contributed by atoms with Crippen molar-refractivity contribution in [1.29, 1.82) is 0 Å². The Morgan fingerprint density at radius 1 is 1.83 bits per heavy atom. The van der Waals surface area contributed by atoms with E-state index in [-0.39, 0.29) is 0 Å². The number of hydrogen-bond acceptors (Lipinski definition) is 3. The molecule has 0 aliphatic carbocycles. The van der Waals surface area contributed by atoms with Gasteiger partial charge in [-0.2, -0.15) is 7.55 Å². The highest BCUT2D eigenvalue weighted by Crippen LogP contribution is 2.03. The monoisotopic (exact) mass is 220 g/mol. The van der Waals surface area contributed by atoms with Gasteiger partial charge in [0.25, 0.3) is 0 Å². The minimum atomic E-state index is 0.920. The molecule has 38 valence electrons. The lowest BCUT2D eigenvalue weighted by molar-refractivity contribution is -0.0205. The van der Waals surface area contributed by atoms with Gasteiger partial charge in [0, 0.05) is 17.8 Å². The minimum absolute atomic E-state index is 0.920. The van der Waals surface area contributed by atoms with E-state index in [0.717, 1.165) is 5.75 Å². The molecule has 0 aromatic carbocycles. The van der Waals surface area contributed by atoms with Gasteiger partial charge in [0.15, 0.2) is 23.0 Å². The average molecular weight is 220 g/mol. The highest BCUT2D eigenvalue weighted by atomic mass is 127. The van der Waals surface area contributed by atoms with Crippen molar-refractivity contribution in [3.05, 3.63) is 0 Å². The third kappa shape index (κ3) is 5.00. The Balaban J connectivity index is 2.34. The predicted molar refractivity (Wildman–Crippen MR) is 34.3 cm³/mol. The minimum Gasteiger partial charge on any atom is -0.154 e. The molecule has 0 bridgehead atoms. The quantitative estimate of drug-likeness (QED) is 0.238. The van der Waals surface area contributed by atoms with Gasteiger partial charge in [0.1, 0.15) is 0 Å². The standard InChI is InChI=1S/C2H5IO2S/c1-2-6-5-4-3/h2H2,1H3.